The van der Waals surface area contributed by atoms with E-state index in [-0.39, 0.29) is 19.1 Å². The van der Waals surface area contributed by atoms with E-state index in [1.807, 2.05) is 6.92 Å². The number of sulfone groups is 1. The van der Waals surface area contributed by atoms with Gasteiger partial charge in [-0.05, 0) is 18.8 Å². The molecule has 1 saturated carbocycles. The van der Waals surface area contributed by atoms with Crippen LogP contribution in [0.4, 0.5) is 0 Å². The van der Waals surface area contributed by atoms with Gasteiger partial charge in [0, 0.05) is 11.7 Å². The van der Waals surface area contributed by atoms with E-state index < -0.39 is 20.5 Å². The van der Waals surface area contributed by atoms with Gasteiger partial charge in [0.1, 0.15) is 9.84 Å². The lowest BCUT2D eigenvalue weighted by atomic mass is 9.80. The molecule has 2 atom stereocenters. The molecule has 0 bridgehead atoms. The highest BCUT2D eigenvalue weighted by Crippen LogP contribution is 2.44. The van der Waals surface area contributed by atoms with Crippen molar-refractivity contribution in [1.82, 2.24) is 0 Å². The van der Waals surface area contributed by atoms with E-state index >= 15 is 0 Å². The summed E-state index contributed by atoms with van der Waals surface area (Å²) in [6, 6.07) is 0. The minimum absolute atomic E-state index is 0.0530. The lowest BCUT2D eigenvalue weighted by Crippen LogP contribution is -2.33. The van der Waals surface area contributed by atoms with E-state index in [0.717, 1.165) is 0 Å². The molecule has 0 aromatic heterocycles. The summed E-state index contributed by atoms with van der Waals surface area (Å²) in [5.41, 5.74) is -0.603. The maximum Gasteiger partial charge on any atom is 0.150 e. The van der Waals surface area contributed by atoms with Gasteiger partial charge in [-0.1, -0.05) is 6.92 Å². The topological polar surface area (TPSA) is 74.6 Å². The minimum atomic E-state index is -3.05. The molecule has 5 heteroatoms. The fourth-order valence-electron chi connectivity index (χ4n) is 2.20. The van der Waals surface area contributed by atoms with Crippen molar-refractivity contribution in [2.45, 2.75) is 25.0 Å². The van der Waals surface area contributed by atoms with E-state index in [1.165, 1.54) is 6.26 Å². The molecule has 1 aliphatic carbocycles. The Morgan fingerprint density at radius 1 is 1.36 bits per heavy atom. The predicted molar refractivity (Wildman–Crippen MR) is 53.6 cm³/mol. The van der Waals surface area contributed by atoms with Crippen LogP contribution in [-0.4, -0.2) is 43.4 Å². The number of rotatable bonds is 3. The largest absolute Gasteiger partial charge is 0.396 e. The van der Waals surface area contributed by atoms with Gasteiger partial charge in [-0.2, -0.15) is 0 Å². The van der Waals surface area contributed by atoms with Crippen molar-refractivity contribution in [3.63, 3.8) is 0 Å². The van der Waals surface area contributed by atoms with Gasteiger partial charge in [0.15, 0.2) is 0 Å². The molecule has 0 aliphatic heterocycles. The average molecular weight is 222 g/mol. The number of hydrogen-bond acceptors (Lipinski definition) is 4. The Labute approximate surface area is 84.9 Å². The molecule has 1 fully saturated rings. The Morgan fingerprint density at radius 3 is 2.07 bits per heavy atom. The molecule has 0 spiro atoms. The average Bonchev–Trinajstić information content (AvgIpc) is 2.43. The van der Waals surface area contributed by atoms with Crippen LogP contribution in [0, 0.1) is 11.3 Å². The summed E-state index contributed by atoms with van der Waals surface area (Å²) in [6.45, 7) is 1.60. The van der Waals surface area contributed by atoms with Crippen LogP contribution in [0.2, 0.25) is 0 Å². The SMILES string of the molecule is C[C@@H]1C[C@@H](S(C)(=O)=O)CC1(CO)CO. The summed E-state index contributed by atoms with van der Waals surface area (Å²) >= 11 is 0. The zero-order valence-electron chi connectivity index (χ0n) is 8.60. The predicted octanol–water partition coefficient (Wildman–Crippen LogP) is -0.199. The normalized spacial score (nSPS) is 32.0. The molecule has 0 radical (unpaired) electrons. The molecule has 0 aromatic rings. The van der Waals surface area contributed by atoms with Gasteiger partial charge in [-0.15, -0.1) is 0 Å². The van der Waals surface area contributed by atoms with E-state index in [4.69, 9.17) is 0 Å². The van der Waals surface area contributed by atoms with Gasteiger partial charge in [0.2, 0.25) is 0 Å². The molecule has 1 aliphatic rings. The fraction of sp³-hybridized carbons (Fsp3) is 1.00. The van der Waals surface area contributed by atoms with Gasteiger partial charge < -0.3 is 10.2 Å². The summed E-state index contributed by atoms with van der Waals surface area (Å²) in [5, 5.41) is 18.0. The summed E-state index contributed by atoms with van der Waals surface area (Å²) in [6.07, 6.45) is 2.13. The standard InChI is InChI=1S/C9H18O4S/c1-7-3-8(14(2,12)13)4-9(7,5-10)6-11/h7-8,10-11H,3-6H2,1-2H3/t7-,8-/m1/s1. The molecular formula is C9H18O4S. The van der Waals surface area contributed by atoms with Gasteiger partial charge >= 0.3 is 0 Å². The first-order chi connectivity index (χ1) is 6.35. The van der Waals surface area contributed by atoms with E-state index in [1.54, 1.807) is 0 Å². The van der Waals surface area contributed by atoms with Crippen molar-refractivity contribution >= 4 is 9.84 Å². The summed E-state index contributed by atoms with van der Waals surface area (Å²) in [4.78, 5) is 0. The Bertz CT molecular complexity index is 292. The fourth-order valence-corrected chi connectivity index (χ4v) is 3.47. The zero-order chi connectivity index (χ0) is 11.0. The second-order valence-electron chi connectivity index (χ2n) is 4.47. The van der Waals surface area contributed by atoms with Crippen molar-refractivity contribution < 1.29 is 18.6 Å². The van der Waals surface area contributed by atoms with Crippen molar-refractivity contribution in [2.24, 2.45) is 11.3 Å². The van der Waals surface area contributed by atoms with Crippen molar-refractivity contribution in [3.8, 4) is 0 Å². The highest BCUT2D eigenvalue weighted by atomic mass is 32.2. The number of aliphatic hydroxyl groups is 2. The van der Waals surface area contributed by atoms with Crippen molar-refractivity contribution in [1.29, 1.82) is 0 Å². The van der Waals surface area contributed by atoms with Crippen LogP contribution in [0.5, 0.6) is 0 Å². The molecule has 2 N–H and O–H groups in total. The number of aliphatic hydroxyl groups excluding tert-OH is 2. The summed E-state index contributed by atoms with van der Waals surface area (Å²) in [7, 11) is -3.05. The maximum absolute atomic E-state index is 11.3. The van der Waals surface area contributed by atoms with Crippen LogP contribution in [0.3, 0.4) is 0 Å². The first kappa shape index (κ1) is 11.9. The lowest BCUT2D eigenvalue weighted by molar-refractivity contribution is 0.0287. The molecule has 84 valence electrons. The van der Waals surface area contributed by atoms with E-state index in [0.29, 0.717) is 12.8 Å². The van der Waals surface area contributed by atoms with Crippen LogP contribution in [0.25, 0.3) is 0 Å². The lowest BCUT2D eigenvalue weighted by Gasteiger charge is -2.28. The second-order valence-corrected chi connectivity index (χ2v) is 6.80. The molecule has 0 heterocycles. The van der Waals surface area contributed by atoms with E-state index in [9.17, 15) is 18.6 Å². The van der Waals surface area contributed by atoms with E-state index in [2.05, 4.69) is 0 Å². The third-order valence-electron chi connectivity index (χ3n) is 3.53. The Hall–Kier alpha value is -0.130. The molecule has 0 saturated heterocycles. The highest BCUT2D eigenvalue weighted by Gasteiger charge is 2.47. The Balaban J connectivity index is 2.88. The molecule has 1 rings (SSSR count). The second kappa shape index (κ2) is 3.79. The van der Waals surface area contributed by atoms with Gasteiger partial charge in [-0.3, -0.25) is 0 Å². The van der Waals surface area contributed by atoms with Crippen LogP contribution in [0.1, 0.15) is 19.8 Å². The molecule has 0 amide bonds. The minimum Gasteiger partial charge on any atom is -0.396 e. The molecule has 0 aromatic carbocycles. The maximum atomic E-state index is 11.3. The third kappa shape index (κ3) is 1.94. The summed E-state index contributed by atoms with van der Waals surface area (Å²) in [5.74, 6) is 0.0530. The van der Waals surface area contributed by atoms with Crippen molar-refractivity contribution in [2.75, 3.05) is 19.5 Å². The smallest absolute Gasteiger partial charge is 0.150 e. The number of hydrogen-bond donors (Lipinski definition) is 2. The molecule has 0 unspecified atom stereocenters. The van der Waals surface area contributed by atoms with Gasteiger partial charge in [-0.25, -0.2) is 8.42 Å². The highest BCUT2D eigenvalue weighted by molar-refractivity contribution is 7.91. The Morgan fingerprint density at radius 2 is 1.86 bits per heavy atom. The van der Waals surface area contributed by atoms with Crippen LogP contribution >= 0.6 is 0 Å². The first-order valence-corrected chi connectivity index (χ1v) is 6.72. The quantitative estimate of drug-likeness (QED) is 0.693. The molecule has 14 heavy (non-hydrogen) atoms. The molecular weight excluding hydrogens is 204 g/mol. The van der Waals surface area contributed by atoms with Crippen molar-refractivity contribution in [3.05, 3.63) is 0 Å². The zero-order valence-corrected chi connectivity index (χ0v) is 9.42. The molecule has 4 nitrogen and oxygen atoms in total. The van der Waals surface area contributed by atoms with Gasteiger partial charge in [0.05, 0.1) is 18.5 Å². The summed E-state index contributed by atoms with van der Waals surface area (Å²) < 4.78 is 22.7. The van der Waals surface area contributed by atoms with Crippen LogP contribution in [-0.2, 0) is 9.84 Å². The van der Waals surface area contributed by atoms with Crippen LogP contribution in [0.15, 0.2) is 0 Å². The first-order valence-electron chi connectivity index (χ1n) is 4.76. The van der Waals surface area contributed by atoms with Gasteiger partial charge in [0.25, 0.3) is 0 Å². The van der Waals surface area contributed by atoms with Crippen LogP contribution < -0.4 is 0 Å². The monoisotopic (exact) mass is 222 g/mol. The Kier molecular flexibility index (Phi) is 3.23. The third-order valence-corrected chi connectivity index (χ3v) is 5.10.